The second-order valence-corrected chi connectivity index (χ2v) is 7.65. The standard InChI is InChI=1S/C27H22F2O5/c1-15(2)26(31)33-19-6-9-21(18(11-19)14-30)23-8-5-17(12-24(23)28)22-10-7-20(13-25(22)29)34-27(32)16(3)4/h5-13,30H,1,3,14H2,2,4H3. The molecule has 3 aromatic carbocycles. The van der Waals surface area contributed by atoms with Crippen LogP contribution in [0.3, 0.4) is 0 Å². The first-order chi connectivity index (χ1) is 16.1. The molecule has 0 radical (unpaired) electrons. The van der Waals surface area contributed by atoms with Crippen molar-refractivity contribution in [1.29, 1.82) is 0 Å². The highest BCUT2D eigenvalue weighted by molar-refractivity contribution is 5.89. The van der Waals surface area contributed by atoms with Crippen LogP contribution in [0, 0.1) is 11.6 Å². The van der Waals surface area contributed by atoms with Gasteiger partial charge < -0.3 is 14.6 Å². The molecule has 0 heterocycles. The maximum atomic E-state index is 15.0. The van der Waals surface area contributed by atoms with E-state index in [4.69, 9.17) is 9.47 Å². The van der Waals surface area contributed by atoms with E-state index in [-0.39, 0.29) is 39.3 Å². The van der Waals surface area contributed by atoms with Crippen molar-refractivity contribution in [3.05, 3.63) is 96.1 Å². The van der Waals surface area contributed by atoms with E-state index in [1.54, 1.807) is 0 Å². The molecule has 0 aromatic heterocycles. The maximum absolute atomic E-state index is 15.0. The molecule has 0 aliphatic rings. The highest BCUT2D eigenvalue weighted by Crippen LogP contribution is 2.34. The molecule has 0 amide bonds. The van der Waals surface area contributed by atoms with Crippen LogP contribution < -0.4 is 9.47 Å². The molecule has 34 heavy (non-hydrogen) atoms. The van der Waals surface area contributed by atoms with Gasteiger partial charge in [-0.15, -0.1) is 0 Å². The average molecular weight is 464 g/mol. The molecule has 0 saturated carbocycles. The Labute approximate surface area is 195 Å². The van der Waals surface area contributed by atoms with Crippen LogP contribution in [0.4, 0.5) is 8.78 Å². The van der Waals surface area contributed by atoms with Crippen LogP contribution in [0.5, 0.6) is 11.5 Å². The third kappa shape index (κ3) is 5.44. The molecule has 0 fully saturated rings. The van der Waals surface area contributed by atoms with E-state index >= 15 is 4.39 Å². The minimum absolute atomic E-state index is 0.00590. The fourth-order valence-electron chi connectivity index (χ4n) is 3.11. The number of rotatable bonds is 7. The highest BCUT2D eigenvalue weighted by atomic mass is 19.1. The molecule has 0 saturated heterocycles. The lowest BCUT2D eigenvalue weighted by Gasteiger charge is -2.13. The summed E-state index contributed by atoms with van der Waals surface area (Å²) in [6.45, 7) is 9.53. The molecular weight excluding hydrogens is 442 g/mol. The normalized spacial score (nSPS) is 10.5. The zero-order valence-electron chi connectivity index (χ0n) is 18.7. The van der Waals surface area contributed by atoms with Gasteiger partial charge in [0.2, 0.25) is 0 Å². The molecule has 0 unspecified atom stereocenters. The van der Waals surface area contributed by atoms with Crippen molar-refractivity contribution < 1.29 is 33.0 Å². The van der Waals surface area contributed by atoms with Gasteiger partial charge in [-0.1, -0.05) is 31.4 Å². The number of ether oxygens (including phenoxy) is 2. The molecule has 0 spiro atoms. The Morgan fingerprint density at radius 3 is 1.76 bits per heavy atom. The molecular formula is C27H22F2O5. The van der Waals surface area contributed by atoms with Crippen LogP contribution in [-0.2, 0) is 16.2 Å². The van der Waals surface area contributed by atoms with Gasteiger partial charge in [0.25, 0.3) is 0 Å². The van der Waals surface area contributed by atoms with E-state index < -0.39 is 30.2 Å². The van der Waals surface area contributed by atoms with Gasteiger partial charge >= 0.3 is 11.9 Å². The summed E-state index contributed by atoms with van der Waals surface area (Å²) in [6, 6.07) is 12.4. The fourth-order valence-corrected chi connectivity index (χ4v) is 3.11. The number of aliphatic hydroxyl groups is 1. The van der Waals surface area contributed by atoms with Crippen LogP contribution in [0.1, 0.15) is 19.4 Å². The monoisotopic (exact) mass is 464 g/mol. The Morgan fingerprint density at radius 1 is 0.765 bits per heavy atom. The smallest absolute Gasteiger partial charge is 0.338 e. The summed E-state index contributed by atoms with van der Waals surface area (Å²) in [7, 11) is 0. The van der Waals surface area contributed by atoms with Crippen molar-refractivity contribution >= 4 is 11.9 Å². The lowest BCUT2D eigenvalue weighted by molar-refractivity contribution is -0.130. The molecule has 0 aliphatic carbocycles. The molecule has 3 rings (SSSR count). The predicted octanol–water partition coefficient (Wildman–Crippen LogP) is 5.75. The number of halogens is 2. The minimum atomic E-state index is -0.695. The Bertz CT molecular complexity index is 1310. The quantitative estimate of drug-likeness (QED) is 0.274. The van der Waals surface area contributed by atoms with Gasteiger partial charge in [0.1, 0.15) is 23.1 Å². The van der Waals surface area contributed by atoms with Crippen LogP contribution in [0.15, 0.2) is 78.9 Å². The van der Waals surface area contributed by atoms with E-state index in [0.29, 0.717) is 11.1 Å². The summed E-state index contributed by atoms with van der Waals surface area (Å²) >= 11 is 0. The van der Waals surface area contributed by atoms with E-state index in [1.165, 1.54) is 62.4 Å². The third-order valence-corrected chi connectivity index (χ3v) is 4.88. The molecule has 0 bridgehead atoms. The molecule has 0 aliphatic heterocycles. The predicted molar refractivity (Wildman–Crippen MR) is 124 cm³/mol. The van der Waals surface area contributed by atoms with Crippen LogP contribution in [-0.4, -0.2) is 17.0 Å². The van der Waals surface area contributed by atoms with Gasteiger partial charge in [0, 0.05) is 28.3 Å². The number of carbonyl (C=O) groups is 2. The van der Waals surface area contributed by atoms with Gasteiger partial charge in [-0.2, -0.15) is 0 Å². The van der Waals surface area contributed by atoms with Gasteiger partial charge in [0.05, 0.1) is 6.61 Å². The van der Waals surface area contributed by atoms with Crippen LogP contribution in [0.25, 0.3) is 22.3 Å². The van der Waals surface area contributed by atoms with E-state index in [2.05, 4.69) is 13.2 Å². The summed E-state index contributed by atoms with van der Waals surface area (Å²) in [5, 5.41) is 9.76. The molecule has 0 atom stereocenters. The first-order valence-corrected chi connectivity index (χ1v) is 10.2. The zero-order chi connectivity index (χ0) is 25.0. The van der Waals surface area contributed by atoms with Crippen molar-refractivity contribution in [2.75, 3.05) is 0 Å². The van der Waals surface area contributed by atoms with E-state index in [0.717, 1.165) is 6.07 Å². The Kier molecular flexibility index (Phi) is 7.38. The van der Waals surface area contributed by atoms with Gasteiger partial charge in [0.15, 0.2) is 0 Å². The number of benzene rings is 3. The largest absolute Gasteiger partial charge is 0.423 e. The Balaban J connectivity index is 1.91. The van der Waals surface area contributed by atoms with Crippen molar-refractivity contribution in [2.45, 2.75) is 20.5 Å². The van der Waals surface area contributed by atoms with E-state index in [9.17, 15) is 19.1 Å². The topological polar surface area (TPSA) is 72.8 Å². The highest BCUT2D eigenvalue weighted by Gasteiger charge is 2.16. The summed E-state index contributed by atoms with van der Waals surface area (Å²) in [5.74, 6) is -2.44. The number of carbonyl (C=O) groups excluding carboxylic acids is 2. The van der Waals surface area contributed by atoms with Crippen molar-refractivity contribution in [1.82, 2.24) is 0 Å². The van der Waals surface area contributed by atoms with Gasteiger partial charge in [-0.05, 0) is 60.9 Å². The summed E-state index contributed by atoms with van der Waals surface area (Å²) in [4.78, 5) is 23.3. The summed E-state index contributed by atoms with van der Waals surface area (Å²) < 4.78 is 39.9. The fraction of sp³-hybridized carbons (Fsp3) is 0.111. The number of hydrogen-bond acceptors (Lipinski definition) is 5. The number of aliphatic hydroxyl groups excluding tert-OH is 1. The number of hydrogen-bond donors (Lipinski definition) is 1. The SMILES string of the molecule is C=C(C)C(=O)Oc1ccc(-c2ccc(-c3ccc(OC(=O)C(=C)C)cc3CO)c(F)c2)c(F)c1. The second-order valence-electron chi connectivity index (χ2n) is 7.65. The minimum Gasteiger partial charge on any atom is -0.423 e. The third-order valence-electron chi connectivity index (χ3n) is 4.88. The average Bonchev–Trinajstić information content (AvgIpc) is 2.79. The lowest BCUT2D eigenvalue weighted by atomic mass is 9.96. The number of esters is 2. The first kappa shape index (κ1) is 24.5. The molecule has 174 valence electrons. The molecule has 3 aromatic rings. The maximum Gasteiger partial charge on any atom is 0.338 e. The van der Waals surface area contributed by atoms with Crippen molar-refractivity contribution in [3.8, 4) is 33.8 Å². The van der Waals surface area contributed by atoms with Crippen LogP contribution in [0.2, 0.25) is 0 Å². The zero-order valence-corrected chi connectivity index (χ0v) is 18.7. The van der Waals surface area contributed by atoms with E-state index in [1.807, 2.05) is 0 Å². The second kappa shape index (κ2) is 10.2. The van der Waals surface area contributed by atoms with Crippen molar-refractivity contribution in [2.24, 2.45) is 0 Å². The van der Waals surface area contributed by atoms with Gasteiger partial charge in [-0.3, -0.25) is 0 Å². The Morgan fingerprint density at radius 2 is 1.26 bits per heavy atom. The van der Waals surface area contributed by atoms with Crippen molar-refractivity contribution in [3.63, 3.8) is 0 Å². The summed E-state index contributed by atoms with van der Waals surface area (Å²) in [5.41, 5.74) is 1.69. The summed E-state index contributed by atoms with van der Waals surface area (Å²) in [6.07, 6.45) is 0. The molecule has 5 nitrogen and oxygen atoms in total. The Hall–Kier alpha value is -4.10. The first-order valence-electron chi connectivity index (χ1n) is 10.2. The molecule has 1 N–H and O–H groups in total. The van der Waals surface area contributed by atoms with Gasteiger partial charge in [-0.25, -0.2) is 18.4 Å². The molecule has 7 heteroatoms. The lowest BCUT2D eigenvalue weighted by Crippen LogP contribution is -2.08. The van der Waals surface area contributed by atoms with Crippen LogP contribution >= 0.6 is 0 Å².